The van der Waals surface area contributed by atoms with E-state index in [9.17, 15) is 4.79 Å². The first-order valence-corrected chi connectivity index (χ1v) is 7.43. The molecule has 1 heterocycles. The third-order valence-corrected chi connectivity index (χ3v) is 4.18. The number of rotatable bonds is 1. The fourth-order valence-electron chi connectivity index (χ4n) is 2.56. The molecule has 1 N–H and O–H groups in total. The lowest BCUT2D eigenvalue weighted by atomic mass is 9.82. The summed E-state index contributed by atoms with van der Waals surface area (Å²) in [4.78, 5) is 14.6. The van der Waals surface area contributed by atoms with Crippen molar-refractivity contribution < 1.29 is 9.90 Å². The SMILES string of the molecule is Cc1ccc(C#CCO)cc1C(=O)N1CCC(C)(C)CC1. The van der Waals surface area contributed by atoms with Gasteiger partial charge < -0.3 is 10.0 Å². The second kappa shape index (κ2) is 6.32. The molecule has 1 aromatic rings. The van der Waals surface area contributed by atoms with Crippen LogP contribution in [0.5, 0.6) is 0 Å². The standard InChI is InChI=1S/C18H23NO2/c1-14-6-7-15(5-4-12-20)13-16(14)17(21)19-10-8-18(2,3)9-11-19/h6-7,13,20H,8-12H2,1-3H3. The monoisotopic (exact) mass is 285 g/mol. The highest BCUT2D eigenvalue weighted by atomic mass is 16.2. The minimum Gasteiger partial charge on any atom is -0.384 e. The number of aliphatic hydroxyl groups excluding tert-OH is 1. The van der Waals surface area contributed by atoms with Crippen LogP contribution in [0.1, 0.15) is 48.2 Å². The molecular formula is C18H23NO2. The van der Waals surface area contributed by atoms with Gasteiger partial charge in [-0.2, -0.15) is 0 Å². The molecule has 0 aliphatic carbocycles. The van der Waals surface area contributed by atoms with Crippen molar-refractivity contribution in [2.75, 3.05) is 19.7 Å². The third kappa shape index (κ3) is 3.86. The smallest absolute Gasteiger partial charge is 0.254 e. The van der Waals surface area contributed by atoms with Crippen LogP contribution in [0.3, 0.4) is 0 Å². The number of amides is 1. The van der Waals surface area contributed by atoms with Crippen LogP contribution in [0.4, 0.5) is 0 Å². The molecule has 0 atom stereocenters. The molecule has 3 nitrogen and oxygen atoms in total. The summed E-state index contributed by atoms with van der Waals surface area (Å²) in [5.41, 5.74) is 2.80. The predicted octanol–water partition coefficient (Wildman–Crippen LogP) is 2.60. The van der Waals surface area contributed by atoms with Gasteiger partial charge in [-0.3, -0.25) is 4.79 Å². The van der Waals surface area contributed by atoms with Gasteiger partial charge in [-0.05, 0) is 42.9 Å². The largest absolute Gasteiger partial charge is 0.384 e. The van der Waals surface area contributed by atoms with Crippen molar-refractivity contribution in [2.45, 2.75) is 33.6 Å². The van der Waals surface area contributed by atoms with Gasteiger partial charge in [0.15, 0.2) is 0 Å². The molecular weight excluding hydrogens is 262 g/mol. The van der Waals surface area contributed by atoms with Gasteiger partial charge in [0, 0.05) is 24.2 Å². The van der Waals surface area contributed by atoms with Crippen molar-refractivity contribution in [3.05, 3.63) is 34.9 Å². The number of hydrogen-bond donors (Lipinski definition) is 1. The molecule has 0 bridgehead atoms. The molecule has 0 aromatic heterocycles. The number of aryl methyl sites for hydroxylation is 1. The number of nitrogens with zero attached hydrogens (tertiary/aromatic N) is 1. The van der Waals surface area contributed by atoms with E-state index in [1.165, 1.54) is 0 Å². The Balaban J connectivity index is 2.19. The molecule has 1 aliphatic heterocycles. The lowest BCUT2D eigenvalue weighted by Crippen LogP contribution is -2.41. The van der Waals surface area contributed by atoms with Gasteiger partial charge in [0.05, 0.1) is 0 Å². The highest BCUT2D eigenvalue weighted by molar-refractivity contribution is 5.96. The minimum absolute atomic E-state index is 0.0932. The van der Waals surface area contributed by atoms with E-state index in [-0.39, 0.29) is 12.5 Å². The summed E-state index contributed by atoms with van der Waals surface area (Å²) in [6, 6.07) is 5.64. The van der Waals surface area contributed by atoms with Crippen LogP contribution < -0.4 is 0 Å². The second-order valence-corrected chi connectivity index (χ2v) is 6.45. The van der Waals surface area contributed by atoms with E-state index in [4.69, 9.17) is 5.11 Å². The van der Waals surface area contributed by atoms with E-state index in [2.05, 4.69) is 25.7 Å². The fourth-order valence-corrected chi connectivity index (χ4v) is 2.56. The second-order valence-electron chi connectivity index (χ2n) is 6.45. The van der Waals surface area contributed by atoms with Gasteiger partial charge in [0.25, 0.3) is 5.91 Å². The first kappa shape index (κ1) is 15.6. The van der Waals surface area contributed by atoms with Gasteiger partial charge in [-0.15, -0.1) is 0 Å². The number of hydrogen-bond acceptors (Lipinski definition) is 2. The molecule has 3 heteroatoms. The molecule has 112 valence electrons. The number of carbonyl (C=O) groups excluding carboxylic acids is 1. The normalized spacial score (nSPS) is 17.0. The third-order valence-electron chi connectivity index (χ3n) is 4.18. The molecule has 0 unspecified atom stereocenters. The summed E-state index contributed by atoms with van der Waals surface area (Å²) in [6.07, 6.45) is 2.09. The van der Waals surface area contributed by atoms with E-state index in [0.29, 0.717) is 5.41 Å². The van der Waals surface area contributed by atoms with Crippen LogP contribution in [0.25, 0.3) is 0 Å². The van der Waals surface area contributed by atoms with Gasteiger partial charge >= 0.3 is 0 Å². The van der Waals surface area contributed by atoms with E-state index in [1.54, 1.807) is 0 Å². The van der Waals surface area contributed by atoms with Crippen molar-refractivity contribution >= 4 is 5.91 Å². The topological polar surface area (TPSA) is 40.5 Å². The van der Waals surface area contributed by atoms with E-state index in [0.717, 1.165) is 42.6 Å². The quantitative estimate of drug-likeness (QED) is 0.806. The molecule has 1 saturated heterocycles. The summed E-state index contributed by atoms with van der Waals surface area (Å²) in [5, 5.41) is 8.76. The van der Waals surface area contributed by atoms with Crippen LogP contribution in [0.2, 0.25) is 0 Å². The highest BCUT2D eigenvalue weighted by Gasteiger charge is 2.28. The number of piperidine rings is 1. The number of carbonyl (C=O) groups is 1. The average molecular weight is 285 g/mol. The van der Waals surface area contributed by atoms with Gasteiger partial charge in [-0.1, -0.05) is 31.8 Å². The molecule has 21 heavy (non-hydrogen) atoms. The van der Waals surface area contributed by atoms with Crippen LogP contribution in [-0.2, 0) is 0 Å². The van der Waals surface area contributed by atoms with Crippen LogP contribution in [0.15, 0.2) is 18.2 Å². The Labute approximate surface area is 127 Å². The predicted molar refractivity (Wildman–Crippen MR) is 84.1 cm³/mol. The molecule has 0 spiro atoms. The number of aliphatic hydroxyl groups is 1. The molecule has 1 aliphatic rings. The van der Waals surface area contributed by atoms with Crippen molar-refractivity contribution in [1.29, 1.82) is 0 Å². The lowest BCUT2D eigenvalue weighted by Gasteiger charge is -2.37. The summed E-state index contributed by atoms with van der Waals surface area (Å²) in [6.45, 7) is 7.93. The van der Waals surface area contributed by atoms with Crippen molar-refractivity contribution in [2.24, 2.45) is 5.41 Å². The Hall–Kier alpha value is -1.79. The Kier molecular flexibility index (Phi) is 4.69. The van der Waals surface area contributed by atoms with Crippen LogP contribution in [-0.4, -0.2) is 35.6 Å². The summed E-state index contributed by atoms with van der Waals surface area (Å²) >= 11 is 0. The summed E-state index contributed by atoms with van der Waals surface area (Å²) in [7, 11) is 0. The first-order chi connectivity index (χ1) is 9.93. The fraction of sp³-hybridized carbons (Fsp3) is 0.500. The van der Waals surface area contributed by atoms with Gasteiger partial charge in [-0.25, -0.2) is 0 Å². The first-order valence-electron chi connectivity index (χ1n) is 7.43. The van der Waals surface area contributed by atoms with Crippen molar-refractivity contribution in [3.63, 3.8) is 0 Å². The summed E-state index contributed by atoms with van der Waals surface area (Å²) < 4.78 is 0. The minimum atomic E-state index is -0.168. The Morgan fingerprint density at radius 2 is 2.00 bits per heavy atom. The Morgan fingerprint density at radius 1 is 1.33 bits per heavy atom. The zero-order chi connectivity index (χ0) is 15.5. The number of likely N-dealkylation sites (tertiary alicyclic amines) is 1. The van der Waals surface area contributed by atoms with Crippen molar-refractivity contribution in [1.82, 2.24) is 4.90 Å². The zero-order valence-electron chi connectivity index (χ0n) is 13.1. The highest BCUT2D eigenvalue weighted by Crippen LogP contribution is 2.30. The zero-order valence-corrected chi connectivity index (χ0v) is 13.1. The van der Waals surface area contributed by atoms with Crippen LogP contribution >= 0.6 is 0 Å². The van der Waals surface area contributed by atoms with E-state index >= 15 is 0 Å². The maximum Gasteiger partial charge on any atom is 0.254 e. The lowest BCUT2D eigenvalue weighted by molar-refractivity contribution is 0.0629. The maximum absolute atomic E-state index is 12.7. The maximum atomic E-state index is 12.7. The van der Waals surface area contributed by atoms with Gasteiger partial charge in [0.2, 0.25) is 0 Å². The molecule has 2 rings (SSSR count). The molecule has 1 aromatic carbocycles. The van der Waals surface area contributed by atoms with E-state index < -0.39 is 0 Å². The average Bonchev–Trinajstić information content (AvgIpc) is 2.46. The molecule has 1 amide bonds. The molecule has 1 fully saturated rings. The molecule has 0 saturated carbocycles. The number of benzene rings is 1. The van der Waals surface area contributed by atoms with E-state index in [1.807, 2.05) is 30.0 Å². The Bertz CT molecular complexity index is 583. The van der Waals surface area contributed by atoms with Crippen molar-refractivity contribution in [3.8, 4) is 11.8 Å². The summed E-state index contributed by atoms with van der Waals surface area (Å²) in [5.74, 6) is 5.58. The Morgan fingerprint density at radius 3 is 2.62 bits per heavy atom. The van der Waals surface area contributed by atoms with Crippen LogP contribution in [0, 0.1) is 24.2 Å². The van der Waals surface area contributed by atoms with Gasteiger partial charge in [0.1, 0.15) is 6.61 Å². The molecule has 0 radical (unpaired) electrons.